The summed E-state index contributed by atoms with van der Waals surface area (Å²) in [6.45, 7) is 11.4. The number of benzene rings is 1. The highest BCUT2D eigenvalue weighted by Crippen LogP contribution is 2.40. The van der Waals surface area contributed by atoms with E-state index >= 15 is 0 Å². The van der Waals surface area contributed by atoms with E-state index in [0.717, 1.165) is 51.3 Å². The highest BCUT2D eigenvalue weighted by Gasteiger charge is 2.16. The van der Waals surface area contributed by atoms with Gasteiger partial charge in [-0.05, 0) is 60.7 Å². The maximum atomic E-state index is 6.15. The van der Waals surface area contributed by atoms with Gasteiger partial charge in [0.1, 0.15) is 0 Å². The number of hydrogen-bond acceptors (Lipinski definition) is 6. The molecule has 4 aromatic rings. The maximum Gasteiger partial charge on any atom is 0.222 e. The third-order valence-electron chi connectivity index (χ3n) is 5.65. The van der Waals surface area contributed by atoms with Gasteiger partial charge in [0.25, 0.3) is 0 Å². The lowest BCUT2D eigenvalue weighted by Crippen LogP contribution is -2.16. The lowest BCUT2D eigenvalue weighted by atomic mass is 9.88. The molecule has 3 heterocycles. The molecule has 0 amide bonds. The molecular weight excluding hydrogens is 450 g/mol. The zero-order valence-corrected chi connectivity index (χ0v) is 21.2. The van der Waals surface area contributed by atoms with Crippen molar-refractivity contribution >= 4 is 55.7 Å². The van der Waals surface area contributed by atoms with Crippen LogP contribution in [0.3, 0.4) is 0 Å². The highest BCUT2D eigenvalue weighted by atomic mass is 35.5. The Kier molecular flexibility index (Phi) is 6.98. The molecule has 0 bridgehead atoms. The summed E-state index contributed by atoms with van der Waals surface area (Å²) in [5, 5.41) is 9.25. The second-order valence-corrected chi connectivity index (χ2v) is 10.8. The quantitative estimate of drug-likeness (QED) is 0.217. The molecule has 0 fully saturated rings. The van der Waals surface area contributed by atoms with Gasteiger partial charge in [0.2, 0.25) is 5.28 Å². The molecule has 172 valence electrons. The molecule has 0 aliphatic carbocycles. The first-order chi connectivity index (χ1) is 15.8. The Labute approximate surface area is 204 Å². The van der Waals surface area contributed by atoms with Gasteiger partial charge in [-0.2, -0.15) is 0 Å². The molecule has 0 aliphatic heterocycles. The van der Waals surface area contributed by atoms with Crippen molar-refractivity contribution < 1.29 is 0 Å². The van der Waals surface area contributed by atoms with Crippen LogP contribution >= 0.6 is 22.9 Å². The molecule has 7 heteroatoms. The van der Waals surface area contributed by atoms with E-state index in [1.807, 2.05) is 19.3 Å². The number of fused-ring (bicyclic) bond motifs is 3. The third kappa shape index (κ3) is 5.35. The molecule has 3 aromatic heterocycles. The number of anilines is 1. The maximum absolute atomic E-state index is 6.15. The summed E-state index contributed by atoms with van der Waals surface area (Å²) in [5.41, 5.74) is 5.38. The van der Waals surface area contributed by atoms with Crippen molar-refractivity contribution in [1.29, 1.82) is 0 Å². The summed E-state index contributed by atoms with van der Waals surface area (Å²) < 4.78 is 1.22. The Morgan fingerprint density at radius 1 is 1.15 bits per heavy atom. The summed E-state index contributed by atoms with van der Waals surface area (Å²) >= 11 is 7.89. The molecule has 33 heavy (non-hydrogen) atoms. The Morgan fingerprint density at radius 2 is 1.97 bits per heavy atom. The van der Waals surface area contributed by atoms with Gasteiger partial charge in [-0.25, -0.2) is 9.97 Å². The number of nitrogens with zero attached hydrogens (tertiary/aromatic N) is 3. The predicted molar refractivity (Wildman–Crippen MR) is 142 cm³/mol. The minimum atomic E-state index is 0.243. The van der Waals surface area contributed by atoms with E-state index in [2.05, 4.69) is 72.2 Å². The van der Waals surface area contributed by atoms with Gasteiger partial charge in [0.05, 0.1) is 28.4 Å². The molecule has 4 rings (SSSR count). The van der Waals surface area contributed by atoms with E-state index in [9.17, 15) is 0 Å². The molecule has 0 atom stereocenters. The Hall–Kier alpha value is -2.54. The number of aromatic nitrogens is 3. The van der Waals surface area contributed by atoms with Crippen LogP contribution in [0.4, 0.5) is 5.69 Å². The van der Waals surface area contributed by atoms with Crippen LogP contribution in [0, 0.1) is 5.41 Å². The Morgan fingerprint density at radius 3 is 2.70 bits per heavy atom. The van der Waals surface area contributed by atoms with Crippen LogP contribution in [0.25, 0.3) is 27.1 Å². The van der Waals surface area contributed by atoms with Gasteiger partial charge < -0.3 is 10.6 Å². The van der Waals surface area contributed by atoms with Gasteiger partial charge in [0, 0.05) is 33.8 Å². The number of aryl methyl sites for hydroxylation is 1. The van der Waals surface area contributed by atoms with Gasteiger partial charge in [-0.1, -0.05) is 39.5 Å². The molecule has 0 saturated carbocycles. The number of nitrogens with one attached hydrogen (secondary N) is 2. The topological polar surface area (TPSA) is 62.7 Å². The molecule has 2 N–H and O–H groups in total. The van der Waals surface area contributed by atoms with Crippen molar-refractivity contribution in [1.82, 2.24) is 20.3 Å². The molecule has 0 radical (unpaired) electrons. The number of pyridine rings is 1. The van der Waals surface area contributed by atoms with Crippen LogP contribution in [-0.4, -0.2) is 28.7 Å². The SMILES string of the molecule is C=Cc1sc2ccc3nc(Cc4nc(Cl)ncc4CCC(C)(C)C)ccc3c2c1NCNC. The monoisotopic (exact) mass is 479 g/mol. The number of rotatable bonds is 8. The van der Waals surface area contributed by atoms with E-state index in [1.165, 1.54) is 10.1 Å². The van der Waals surface area contributed by atoms with E-state index in [0.29, 0.717) is 13.1 Å². The Balaban J connectivity index is 1.71. The number of thiophene rings is 1. The van der Waals surface area contributed by atoms with Crippen LogP contribution in [0.5, 0.6) is 0 Å². The normalized spacial score (nSPS) is 11.9. The fourth-order valence-corrected chi connectivity index (χ4v) is 5.11. The first kappa shape index (κ1) is 23.6. The summed E-state index contributed by atoms with van der Waals surface area (Å²) in [6.07, 6.45) is 6.38. The van der Waals surface area contributed by atoms with E-state index < -0.39 is 0 Å². The Bertz CT molecular complexity index is 1310. The zero-order valence-electron chi connectivity index (χ0n) is 19.6. The van der Waals surface area contributed by atoms with Crippen molar-refractivity contribution in [2.24, 2.45) is 5.41 Å². The minimum absolute atomic E-state index is 0.243. The van der Waals surface area contributed by atoms with E-state index in [1.54, 1.807) is 11.3 Å². The molecule has 0 aliphatic rings. The largest absolute Gasteiger partial charge is 0.371 e. The molecular formula is C26H30ClN5S. The third-order valence-corrected chi connectivity index (χ3v) is 6.98. The van der Waals surface area contributed by atoms with Gasteiger partial charge in [-0.15, -0.1) is 11.3 Å². The number of hydrogen-bond donors (Lipinski definition) is 2. The van der Waals surface area contributed by atoms with Crippen LogP contribution in [0.1, 0.15) is 49.0 Å². The van der Waals surface area contributed by atoms with E-state index in [-0.39, 0.29) is 10.7 Å². The average molecular weight is 480 g/mol. The molecule has 1 aromatic carbocycles. The summed E-state index contributed by atoms with van der Waals surface area (Å²) in [7, 11) is 1.93. The summed E-state index contributed by atoms with van der Waals surface area (Å²) in [4.78, 5) is 14.9. The fourth-order valence-electron chi connectivity index (χ4n) is 3.92. The van der Waals surface area contributed by atoms with Crippen molar-refractivity contribution in [3.63, 3.8) is 0 Å². The minimum Gasteiger partial charge on any atom is -0.371 e. The average Bonchev–Trinajstić information content (AvgIpc) is 3.14. The smallest absolute Gasteiger partial charge is 0.222 e. The van der Waals surface area contributed by atoms with Crippen molar-refractivity contribution in [3.05, 3.63) is 64.2 Å². The summed E-state index contributed by atoms with van der Waals surface area (Å²) in [6, 6.07) is 8.51. The molecule has 0 saturated heterocycles. The van der Waals surface area contributed by atoms with Crippen LogP contribution < -0.4 is 10.6 Å². The molecule has 5 nitrogen and oxygen atoms in total. The predicted octanol–water partition coefficient (Wildman–Crippen LogP) is 6.69. The summed E-state index contributed by atoms with van der Waals surface area (Å²) in [5.74, 6) is 0. The van der Waals surface area contributed by atoms with Gasteiger partial charge in [-0.3, -0.25) is 4.98 Å². The molecule has 0 unspecified atom stereocenters. The standard InChI is InChI=1S/C26H30ClN5S/c1-6-21-24(30-15-28-5)23-18-8-7-17(31-19(18)9-10-22(23)33-21)13-20-16(11-12-26(2,3)4)14-29-25(27)32-20/h6-10,14,28,30H,1,11-13,15H2,2-5H3. The second kappa shape index (κ2) is 9.75. The van der Waals surface area contributed by atoms with Crippen molar-refractivity contribution in [2.45, 2.75) is 40.0 Å². The van der Waals surface area contributed by atoms with Crippen LogP contribution in [-0.2, 0) is 12.8 Å². The van der Waals surface area contributed by atoms with E-state index in [4.69, 9.17) is 16.6 Å². The zero-order chi connectivity index (χ0) is 23.6. The van der Waals surface area contributed by atoms with Crippen LogP contribution in [0.2, 0.25) is 5.28 Å². The first-order valence-corrected chi connectivity index (χ1v) is 12.3. The van der Waals surface area contributed by atoms with Gasteiger partial charge >= 0.3 is 0 Å². The molecule has 0 spiro atoms. The van der Waals surface area contributed by atoms with Gasteiger partial charge in [0.15, 0.2) is 0 Å². The lowest BCUT2D eigenvalue weighted by molar-refractivity contribution is 0.377. The lowest BCUT2D eigenvalue weighted by Gasteiger charge is -2.18. The van der Waals surface area contributed by atoms with Crippen molar-refractivity contribution in [3.8, 4) is 0 Å². The van der Waals surface area contributed by atoms with Crippen molar-refractivity contribution in [2.75, 3.05) is 19.0 Å². The highest BCUT2D eigenvalue weighted by molar-refractivity contribution is 7.20. The van der Waals surface area contributed by atoms with Crippen LogP contribution in [0.15, 0.2) is 37.0 Å². The number of halogens is 1. The second-order valence-electron chi connectivity index (χ2n) is 9.41. The fraction of sp³-hybridized carbons (Fsp3) is 0.346. The first-order valence-electron chi connectivity index (χ1n) is 11.2.